The lowest BCUT2D eigenvalue weighted by Gasteiger charge is -2.40. The van der Waals surface area contributed by atoms with Gasteiger partial charge in [0.2, 0.25) is 0 Å². The lowest BCUT2D eigenvalue weighted by molar-refractivity contribution is -0.194. The molecule has 2 heterocycles. The highest BCUT2D eigenvalue weighted by atomic mass is 79.9. The van der Waals surface area contributed by atoms with E-state index >= 15 is 0 Å². The highest BCUT2D eigenvalue weighted by Crippen LogP contribution is 2.49. The summed E-state index contributed by atoms with van der Waals surface area (Å²) in [5, 5.41) is 0.0879. The van der Waals surface area contributed by atoms with Crippen molar-refractivity contribution in [3.05, 3.63) is 41.7 Å². The maximum Gasteiger partial charge on any atom is 0.199 e. The van der Waals surface area contributed by atoms with E-state index < -0.39 is 8.32 Å². The van der Waals surface area contributed by atoms with Crippen molar-refractivity contribution in [2.24, 2.45) is 11.8 Å². The van der Waals surface area contributed by atoms with Crippen molar-refractivity contribution >= 4 is 24.2 Å². The summed E-state index contributed by atoms with van der Waals surface area (Å²) in [4.78, 5) is -0.0644. The number of benzene rings is 1. The summed E-state index contributed by atoms with van der Waals surface area (Å²) in [7, 11) is -2.08. The first kappa shape index (κ1) is 35.5. The van der Waals surface area contributed by atoms with Gasteiger partial charge in [-0.1, -0.05) is 60.8 Å². The average molecular weight is 692 g/mol. The molecule has 8 heteroatoms. The normalized spacial score (nSPS) is 29.4. The highest BCUT2D eigenvalue weighted by molar-refractivity contribution is 9.09. The molecule has 2 aliphatic heterocycles. The molecule has 246 valence electrons. The first-order valence-electron chi connectivity index (χ1n) is 16.7. The number of hydrogen-bond acceptors (Lipinski definition) is 6. The third-order valence-electron chi connectivity index (χ3n) is 9.87. The van der Waals surface area contributed by atoms with Gasteiger partial charge in [0.25, 0.3) is 0 Å². The predicted molar refractivity (Wildman–Crippen MR) is 182 cm³/mol. The van der Waals surface area contributed by atoms with Crippen LogP contribution in [-0.2, 0) is 23.4 Å². The number of ether oxygens (including phenoxy) is 5. The Bertz CT molecular complexity index is 1080. The first-order chi connectivity index (χ1) is 21.0. The molecule has 2 saturated heterocycles. The maximum atomic E-state index is 7.21. The topological polar surface area (TPSA) is 55.4 Å². The van der Waals surface area contributed by atoms with Gasteiger partial charge in [-0.05, 0) is 93.6 Å². The van der Waals surface area contributed by atoms with E-state index in [0.29, 0.717) is 13.0 Å². The van der Waals surface area contributed by atoms with Gasteiger partial charge < -0.3 is 28.1 Å². The minimum atomic E-state index is -2.08. The Morgan fingerprint density at radius 1 is 1.02 bits per heavy atom. The van der Waals surface area contributed by atoms with E-state index in [1.165, 1.54) is 5.57 Å². The molecular weight excluding hydrogens is 636 g/mol. The third kappa shape index (κ3) is 9.83. The van der Waals surface area contributed by atoms with Crippen LogP contribution in [-0.4, -0.2) is 57.8 Å². The molecule has 1 aromatic carbocycles. The van der Waals surface area contributed by atoms with Crippen LogP contribution >= 0.6 is 15.9 Å². The second-order valence-electron chi connectivity index (χ2n) is 14.1. The number of para-hydroxylation sites is 1. The SMILES string of the molecule is C#C[C@@H](Br)C[C@@H]1[C@@H](C(C)=C(CCOc2ccccc2)OC2CCCCO2)[C@@H](OC2CCCCO2)C[C@@H]1O[Si](C)(C)C(C)(C)C. The molecule has 4 rings (SSSR count). The summed E-state index contributed by atoms with van der Waals surface area (Å²) in [6, 6.07) is 9.96. The lowest BCUT2D eigenvalue weighted by atomic mass is 9.83. The molecule has 0 radical (unpaired) electrons. The van der Waals surface area contributed by atoms with Gasteiger partial charge in [-0.2, -0.15) is 0 Å². The molecule has 1 aliphatic carbocycles. The number of terminal acetylenes is 1. The molecule has 44 heavy (non-hydrogen) atoms. The second kappa shape index (κ2) is 16.5. The number of rotatable bonds is 13. The molecule has 2 unspecified atom stereocenters. The lowest BCUT2D eigenvalue weighted by Crippen LogP contribution is -2.45. The molecule has 0 N–H and O–H groups in total. The van der Waals surface area contributed by atoms with Crippen LogP contribution in [0.4, 0.5) is 0 Å². The van der Waals surface area contributed by atoms with Crippen LogP contribution < -0.4 is 4.74 Å². The Labute approximate surface area is 276 Å². The molecule has 7 atom stereocenters. The average Bonchev–Trinajstić information content (AvgIpc) is 3.32. The van der Waals surface area contributed by atoms with E-state index in [0.717, 1.165) is 76.1 Å². The summed E-state index contributed by atoms with van der Waals surface area (Å²) in [5.74, 6) is 4.92. The molecule has 0 spiro atoms. The monoisotopic (exact) mass is 690 g/mol. The second-order valence-corrected chi connectivity index (χ2v) is 20.0. The van der Waals surface area contributed by atoms with Gasteiger partial charge in [0.1, 0.15) is 11.5 Å². The van der Waals surface area contributed by atoms with E-state index in [4.69, 9.17) is 34.5 Å². The highest BCUT2D eigenvalue weighted by Gasteiger charge is 2.51. The largest absolute Gasteiger partial charge is 0.493 e. The van der Waals surface area contributed by atoms with E-state index in [9.17, 15) is 0 Å². The standard InChI is InChI=1S/C36H55BrO6Si/c1-8-27(37)24-29-31(43-44(6,7)36(3,4)5)25-32(42-34-19-13-15-22-40-34)35(29)26(2)30(41-33-18-12-14-21-39-33)20-23-38-28-16-10-9-11-17-28/h1,9-11,16-17,27,29,31-35H,12-15,18-25H2,2-7H3/t27-,29+,31+,32+,33?,34?,35-/m1/s1. The van der Waals surface area contributed by atoms with Gasteiger partial charge in [0.15, 0.2) is 20.9 Å². The maximum absolute atomic E-state index is 7.21. The Morgan fingerprint density at radius 3 is 2.27 bits per heavy atom. The molecule has 1 aromatic rings. The Balaban J connectivity index is 1.69. The molecule has 0 aromatic heterocycles. The van der Waals surface area contributed by atoms with Crippen molar-refractivity contribution < 1.29 is 28.1 Å². The van der Waals surface area contributed by atoms with Gasteiger partial charge in [-0.25, -0.2) is 0 Å². The smallest absolute Gasteiger partial charge is 0.199 e. The fraction of sp³-hybridized carbons (Fsp3) is 0.722. The van der Waals surface area contributed by atoms with Crippen molar-refractivity contribution in [2.45, 2.75) is 133 Å². The summed E-state index contributed by atoms with van der Waals surface area (Å²) < 4.78 is 39.1. The summed E-state index contributed by atoms with van der Waals surface area (Å²) in [5.41, 5.74) is 1.18. The van der Waals surface area contributed by atoms with E-state index in [1.54, 1.807) is 0 Å². The van der Waals surface area contributed by atoms with E-state index in [2.05, 4.69) is 62.6 Å². The first-order valence-corrected chi connectivity index (χ1v) is 20.5. The summed E-state index contributed by atoms with van der Waals surface area (Å²) in [6.45, 7) is 15.8. The molecule has 6 nitrogen and oxygen atoms in total. The van der Waals surface area contributed by atoms with Crippen LogP contribution in [0, 0.1) is 24.2 Å². The number of hydrogen-bond donors (Lipinski definition) is 0. The van der Waals surface area contributed by atoms with Gasteiger partial charge in [-0.15, -0.1) is 6.42 Å². The van der Waals surface area contributed by atoms with Crippen molar-refractivity contribution in [3.8, 4) is 18.1 Å². The fourth-order valence-electron chi connectivity index (χ4n) is 6.38. The van der Waals surface area contributed by atoms with Gasteiger partial charge in [-0.3, -0.25) is 0 Å². The van der Waals surface area contributed by atoms with Crippen LogP contribution in [0.15, 0.2) is 41.7 Å². The Hall–Kier alpha value is -1.34. The summed E-state index contributed by atoms with van der Waals surface area (Å²) >= 11 is 3.78. The van der Waals surface area contributed by atoms with Crippen LogP contribution in [0.5, 0.6) is 5.75 Å². The van der Waals surface area contributed by atoms with Crippen molar-refractivity contribution in [2.75, 3.05) is 19.8 Å². The Morgan fingerprint density at radius 2 is 1.68 bits per heavy atom. The minimum absolute atomic E-state index is 0.0191. The van der Waals surface area contributed by atoms with Crippen molar-refractivity contribution in [3.63, 3.8) is 0 Å². The van der Waals surface area contributed by atoms with Crippen LogP contribution in [0.3, 0.4) is 0 Å². The van der Waals surface area contributed by atoms with Crippen LogP contribution in [0.25, 0.3) is 0 Å². The van der Waals surface area contributed by atoms with Gasteiger partial charge in [0.05, 0.1) is 30.2 Å². The Kier molecular flexibility index (Phi) is 13.3. The van der Waals surface area contributed by atoms with Crippen molar-refractivity contribution in [1.82, 2.24) is 0 Å². The van der Waals surface area contributed by atoms with Gasteiger partial charge in [0, 0.05) is 25.4 Å². The van der Waals surface area contributed by atoms with E-state index in [1.807, 2.05) is 30.3 Å². The molecular formula is C36H55BrO6Si. The zero-order valence-corrected chi connectivity index (χ0v) is 30.4. The van der Waals surface area contributed by atoms with Crippen LogP contribution in [0.2, 0.25) is 18.1 Å². The quantitative estimate of drug-likeness (QED) is 0.0891. The summed E-state index contributed by atoms with van der Waals surface area (Å²) in [6.07, 6.45) is 13.9. The molecule has 3 aliphatic rings. The molecule has 3 fully saturated rings. The van der Waals surface area contributed by atoms with Crippen LogP contribution in [0.1, 0.15) is 85.5 Å². The van der Waals surface area contributed by atoms with E-state index in [-0.39, 0.29) is 46.5 Å². The van der Waals surface area contributed by atoms with Gasteiger partial charge >= 0.3 is 0 Å². The number of halogens is 1. The number of alkyl halides is 1. The molecule has 1 saturated carbocycles. The zero-order valence-electron chi connectivity index (χ0n) is 27.8. The third-order valence-corrected chi connectivity index (χ3v) is 15.0. The minimum Gasteiger partial charge on any atom is -0.493 e. The van der Waals surface area contributed by atoms with Crippen molar-refractivity contribution in [1.29, 1.82) is 0 Å². The predicted octanol–water partition coefficient (Wildman–Crippen LogP) is 9.00. The fourth-order valence-corrected chi connectivity index (χ4v) is 8.20. The molecule has 0 bridgehead atoms. The zero-order chi connectivity index (χ0) is 31.7. The molecule has 0 amide bonds.